The number of imidazole rings is 1. The van der Waals surface area contributed by atoms with Gasteiger partial charge in [0.05, 0.1) is 5.56 Å². The van der Waals surface area contributed by atoms with Gasteiger partial charge >= 0.3 is 0 Å². The number of nitrogens with zero attached hydrogens (tertiary/aromatic N) is 3. The molecule has 0 unspecified atom stereocenters. The number of furan rings is 1. The average Bonchev–Trinajstić information content (AvgIpc) is 3.17. The van der Waals surface area contributed by atoms with Gasteiger partial charge in [0.15, 0.2) is 0 Å². The summed E-state index contributed by atoms with van der Waals surface area (Å²) in [6.07, 6.45) is 5.36. The van der Waals surface area contributed by atoms with Gasteiger partial charge in [0.1, 0.15) is 17.2 Å². The lowest BCUT2D eigenvalue weighted by Gasteiger charge is -2.17. The standard InChI is InChI=1S/C19H23N3O2/c1-4-16-18(15-8-5-6-9-17(15)24-16)19(23)21(3)11-7-12-22-13-10-20-14(22)2/h5-6,8-10,13H,4,7,11-12H2,1-3H3. The topological polar surface area (TPSA) is 51.3 Å². The predicted molar refractivity (Wildman–Crippen MR) is 94.1 cm³/mol. The Morgan fingerprint density at radius 2 is 2.12 bits per heavy atom. The summed E-state index contributed by atoms with van der Waals surface area (Å²) < 4.78 is 7.94. The minimum Gasteiger partial charge on any atom is -0.460 e. The number of hydrogen-bond donors (Lipinski definition) is 0. The molecule has 2 heterocycles. The molecule has 5 heteroatoms. The van der Waals surface area contributed by atoms with E-state index < -0.39 is 0 Å². The van der Waals surface area contributed by atoms with Crippen molar-refractivity contribution >= 4 is 16.9 Å². The van der Waals surface area contributed by atoms with Crippen LogP contribution in [0, 0.1) is 6.92 Å². The van der Waals surface area contributed by atoms with Gasteiger partial charge in [-0.1, -0.05) is 25.1 Å². The second-order valence-corrected chi connectivity index (χ2v) is 6.00. The molecule has 3 aromatic rings. The summed E-state index contributed by atoms with van der Waals surface area (Å²) >= 11 is 0. The molecule has 0 N–H and O–H groups in total. The molecule has 0 saturated carbocycles. The molecule has 126 valence electrons. The molecule has 5 nitrogen and oxygen atoms in total. The molecule has 0 aliphatic carbocycles. The molecule has 1 amide bonds. The van der Waals surface area contributed by atoms with Crippen molar-refractivity contribution in [3.63, 3.8) is 0 Å². The van der Waals surface area contributed by atoms with Gasteiger partial charge in [-0.15, -0.1) is 0 Å². The summed E-state index contributed by atoms with van der Waals surface area (Å²) in [5, 5.41) is 0.900. The zero-order valence-corrected chi connectivity index (χ0v) is 14.5. The number of hydrogen-bond acceptors (Lipinski definition) is 3. The van der Waals surface area contributed by atoms with Crippen molar-refractivity contribution in [2.45, 2.75) is 33.2 Å². The number of para-hydroxylation sites is 1. The number of carbonyl (C=O) groups is 1. The summed E-state index contributed by atoms with van der Waals surface area (Å²) in [6.45, 7) is 5.55. The van der Waals surface area contributed by atoms with Crippen LogP contribution >= 0.6 is 0 Å². The highest BCUT2D eigenvalue weighted by molar-refractivity contribution is 6.07. The van der Waals surface area contributed by atoms with E-state index in [1.165, 1.54) is 0 Å². The highest BCUT2D eigenvalue weighted by Crippen LogP contribution is 2.27. The fourth-order valence-corrected chi connectivity index (χ4v) is 2.99. The van der Waals surface area contributed by atoms with Gasteiger partial charge in [-0.2, -0.15) is 0 Å². The van der Waals surface area contributed by atoms with Crippen molar-refractivity contribution in [1.82, 2.24) is 14.5 Å². The lowest BCUT2D eigenvalue weighted by Crippen LogP contribution is -2.29. The van der Waals surface area contributed by atoms with Crippen LogP contribution in [0.1, 0.15) is 35.3 Å². The molecular formula is C19H23N3O2. The van der Waals surface area contributed by atoms with Gasteiger partial charge in [0, 0.05) is 44.3 Å². The summed E-state index contributed by atoms with van der Waals surface area (Å²) in [7, 11) is 1.85. The Hall–Kier alpha value is -2.56. The van der Waals surface area contributed by atoms with E-state index in [0.29, 0.717) is 18.5 Å². The SMILES string of the molecule is CCc1oc2ccccc2c1C(=O)N(C)CCCn1ccnc1C. The molecule has 0 atom stereocenters. The second kappa shape index (κ2) is 6.91. The zero-order chi connectivity index (χ0) is 17.1. The molecule has 0 aliphatic rings. The molecule has 3 rings (SSSR count). The summed E-state index contributed by atoms with van der Waals surface area (Å²) in [5.41, 5.74) is 1.48. The number of carbonyl (C=O) groups excluding carboxylic acids is 1. The lowest BCUT2D eigenvalue weighted by molar-refractivity contribution is 0.0791. The van der Waals surface area contributed by atoms with E-state index in [1.807, 2.05) is 51.4 Å². The van der Waals surface area contributed by atoms with Crippen LogP contribution in [0.25, 0.3) is 11.0 Å². The van der Waals surface area contributed by atoms with Crippen LogP contribution in [0.3, 0.4) is 0 Å². The van der Waals surface area contributed by atoms with E-state index in [0.717, 1.165) is 35.5 Å². The minimum absolute atomic E-state index is 0.0270. The first-order valence-corrected chi connectivity index (χ1v) is 8.35. The number of benzene rings is 1. The lowest BCUT2D eigenvalue weighted by atomic mass is 10.1. The molecule has 0 spiro atoms. The maximum Gasteiger partial charge on any atom is 0.257 e. The second-order valence-electron chi connectivity index (χ2n) is 6.00. The largest absolute Gasteiger partial charge is 0.460 e. The third-order valence-electron chi connectivity index (χ3n) is 4.37. The summed E-state index contributed by atoms with van der Waals surface area (Å²) in [4.78, 5) is 18.9. The molecular weight excluding hydrogens is 302 g/mol. The normalized spacial score (nSPS) is 11.1. The Kier molecular flexibility index (Phi) is 4.69. The highest BCUT2D eigenvalue weighted by atomic mass is 16.3. The van der Waals surface area contributed by atoms with E-state index in [2.05, 4.69) is 9.55 Å². The highest BCUT2D eigenvalue weighted by Gasteiger charge is 2.22. The van der Waals surface area contributed by atoms with E-state index in [9.17, 15) is 4.79 Å². The summed E-state index contributed by atoms with van der Waals surface area (Å²) in [6, 6.07) is 7.73. The van der Waals surface area contributed by atoms with Crippen molar-refractivity contribution in [3.05, 3.63) is 53.8 Å². The maximum absolute atomic E-state index is 12.9. The molecule has 0 saturated heterocycles. The number of fused-ring (bicyclic) bond motifs is 1. The minimum atomic E-state index is 0.0270. The predicted octanol–water partition coefficient (Wildman–Crippen LogP) is 3.66. The van der Waals surface area contributed by atoms with Crippen LogP contribution in [0.15, 0.2) is 41.1 Å². The zero-order valence-electron chi connectivity index (χ0n) is 14.5. The Morgan fingerprint density at radius 3 is 2.83 bits per heavy atom. The Bertz CT molecular complexity index is 847. The molecule has 0 bridgehead atoms. The van der Waals surface area contributed by atoms with Crippen LogP contribution in [0.5, 0.6) is 0 Å². The van der Waals surface area contributed by atoms with Crippen molar-refractivity contribution in [2.24, 2.45) is 0 Å². The third-order valence-corrected chi connectivity index (χ3v) is 4.37. The van der Waals surface area contributed by atoms with Crippen LogP contribution in [0.2, 0.25) is 0 Å². The van der Waals surface area contributed by atoms with Gasteiger partial charge < -0.3 is 13.9 Å². The first kappa shape index (κ1) is 16.3. The van der Waals surface area contributed by atoms with Gasteiger partial charge in [0.25, 0.3) is 5.91 Å². The number of rotatable bonds is 6. The fraction of sp³-hybridized carbons (Fsp3) is 0.368. The Balaban J connectivity index is 1.72. The number of amides is 1. The third kappa shape index (κ3) is 3.07. The van der Waals surface area contributed by atoms with E-state index in [1.54, 1.807) is 11.1 Å². The van der Waals surface area contributed by atoms with Gasteiger partial charge in [-0.05, 0) is 19.4 Å². The van der Waals surface area contributed by atoms with Gasteiger partial charge in [-0.25, -0.2) is 4.98 Å². The van der Waals surface area contributed by atoms with Crippen LogP contribution < -0.4 is 0 Å². The van der Waals surface area contributed by atoms with Crippen molar-refractivity contribution in [3.8, 4) is 0 Å². The van der Waals surface area contributed by atoms with E-state index in [4.69, 9.17) is 4.42 Å². The Labute approximate surface area is 141 Å². The first-order chi connectivity index (χ1) is 11.6. The van der Waals surface area contributed by atoms with Crippen molar-refractivity contribution in [2.75, 3.05) is 13.6 Å². The smallest absolute Gasteiger partial charge is 0.257 e. The quantitative estimate of drug-likeness (QED) is 0.695. The van der Waals surface area contributed by atoms with Gasteiger partial charge in [-0.3, -0.25) is 4.79 Å². The summed E-state index contributed by atoms with van der Waals surface area (Å²) in [5.74, 6) is 1.79. The van der Waals surface area contributed by atoms with E-state index >= 15 is 0 Å². The molecule has 0 aliphatic heterocycles. The monoisotopic (exact) mass is 325 g/mol. The molecule has 24 heavy (non-hydrogen) atoms. The van der Waals surface area contributed by atoms with Gasteiger partial charge in [0.2, 0.25) is 0 Å². The molecule has 1 aromatic carbocycles. The van der Waals surface area contributed by atoms with Crippen molar-refractivity contribution < 1.29 is 9.21 Å². The molecule has 2 aromatic heterocycles. The van der Waals surface area contributed by atoms with Crippen LogP contribution in [0.4, 0.5) is 0 Å². The first-order valence-electron chi connectivity index (χ1n) is 8.35. The van der Waals surface area contributed by atoms with E-state index in [-0.39, 0.29) is 5.91 Å². The number of aromatic nitrogens is 2. The molecule has 0 radical (unpaired) electrons. The number of aryl methyl sites for hydroxylation is 3. The molecule has 0 fully saturated rings. The maximum atomic E-state index is 12.9. The van der Waals surface area contributed by atoms with Crippen LogP contribution in [-0.2, 0) is 13.0 Å². The van der Waals surface area contributed by atoms with Crippen molar-refractivity contribution in [1.29, 1.82) is 0 Å². The average molecular weight is 325 g/mol. The van der Waals surface area contributed by atoms with Crippen LogP contribution in [-0.4, -0.2) is 34.0 Å². The Morgan fingerprint density at radius 1 is 1.33 bits per heavy atom. The fourth-order valence-electron chi connectivity index (χ4n) is 2.99.